The molecule has 0 atom stereocenters. The van der Waals surface area contributed by atoms with Gasteiger partial charge in [-0.25, -0.2) is 8.78 Å². The van der Waals surface area contributed by atoms with Gasteiger partial charge in [-0.05, 0) is 32.0 Å². The lowest BCUT2D eigenvalue weighted by atomic mass is 10.1. The van der Waals surface area contributed by atoms with Gasteiger partial charge in [-0.3, -0.25) is 9.69 Å². The fourth-order valence-electron chi connectivity index (χ4n) is 1.54. The molecular weight excluding hydrogens is 240 g/mol. The van der Waals surface area contributed by atoms with E-state index in [0.29, 0.717) is 25.1 Å². The normalized spacial score (nSPS) is 10.7. The summed E-state index contributed by atoms with van der Waals surface area (Å²) >= 11 is 0. The molecule has 0 N–H and O–H groups in total. The van der Waals surface area contributed by atoms with Crippen LogP contribution in [-0.4, -0.2) is 37.6 Å². The number of likely N-dealkylation sites (N-methyl/N-ethyl adjacent to an activating group) is 1. The Hall–Kier alpha value is -1.49. The number of hydrogen-bond donors (Lipinski definition) is 0. The van der Waals surface area contributed by atoms with Crippen LogP contribution in [0.15, 0.2) is 18.2 Å². The van der Waals surface area contributed by atoms with Crippen LogP contribution in [0.4, 0.5) is 8.78 Å². The minimum Gasteiger partial charge on any atom is -0.465 e. The molecule has 0 unspecified atom stereocenters. The third kappa shape index (κ3) is 4.79. The standard InChI is InChI=1S/C13H17F2NO2/c1-3-18-13(17)9-16(2)7-6-10-4-5-11(14)8-12(10)15/h4-5,8H,3,6-7,9H2,1-2H3. The summed E-state index contributed by atoms with van der Waals surface area (Å²) < 4.78 is 30.8. The number of carbonyl (C=O) groups is 1. The van der Waals surface area contributed by atoms with E-state index in [1.165, 1.54) is 12.1 Å². The smallest absolute Gasteiger partial charge is 0.320 e. The molecule has 0 bridgehead atoms. The number of esters is 1. The van der Waals surface area contributed by atoms with Gasteiger partial charge in [0, 0.05) is 12.6 Å². The van der Waals surface area contributed by atoms with Crippen molar-refractivity contribution in [3.8, 4) is 0 Å². The zero-order chi connectivity index (χ0) is 13.5. The molecule has 0 aliphatic carbocycles. The fraction of sp³-hybridized carbons (Fsp3) is 0.462. The van der Waals surface area contributed by atoms with Gasteiger partial charge >= 0.3 is 5.97 Å². The van der Waals surface area contributed by atoms with E-state index in [-0.39, 0.29) is 12.5 Å². The molecule has 0 aliphatic rings. The molecule has 1 aromatic rings. The molecule has 1 aromatic carbocycles. The van der Waals surface area contributed by atoms with Crippen LogP contribution in [-0.2, 0) is 16.0 Å². The average Bonchev–Trinajstić information content (AvgIpc) is 2.28. The van der Waals surface area contributed by atoms with E-state index in [1.807, 2.05) is 0 Å². The highest BCUT2D eigenvalue weighted by Gasteiger charge is 2.09. The first kappa shape index (κ1) is 14.6. The molecule has 0 aromatic heterocycles. The first-order valence-corrected chi connectivity index (χ1v) is 5.81. The van der Waals surface area contributed by atoms with Crippen LogP contribution >= 0.6 is 0 Å². The lowest BCUT2D eigenvalue weighted by Crippen LogP contribution is -2.29. The van der Waals surface area contributed by atoms with Gasteiger partial charge in [0.15, 0.2) is 0 Å². The van der Waals surface area contributed by atoms with Crippen LogP contribution in [0.2, 0.25) is 0 Å². The van der Waals surface area contributed by atoms with E-state index in [2.05, 4.69) is 0 Å². The van der Waals surface area contributed by atoms with E-state index in [9.17, 15) is 13.6 Å². The van der Waals surface area contributed by atoms with Crippen LogP contribution in [0.3, 0.4) is 0 Å². The number of halogens is 2. The largest absolute Gasteiger partial charge is 0.465 e. The predicted molar refractivity (Wildman–Crippen MR) is 64.2 cm³/mol. The van der Waals surface area contributed by atoms with Crippen molar-refractivity contribution in [2.24, 2.45) is 0 Å². The zero-order valence-electron chi connectivity index (χ0n) is 10.6. The predicted octanol–water partition coefficient (Wildman–Crippen LogP) is 2.00. The Morgan fingerprint density at radius 3 is 2.72 bits per heavy atom. The molecule has 0 heterocycles. The van der Waals surface area contributed by atoms with Crippen molar-refractivity contribution in [1.82, 2.24) is 4.90 Å². The maximum Gasteiger partial charge on any atom is 0.320 e. The highest BCUT2D eigenvalue weighted by atomic mass is 19.1. The van der Waals surface area contributed by atoms with Crippen LogP contribution < -0.4 is 0 Å². The molecule has 0 aliphatic heterocycles. The van der Waals surface area contributed by atoms with Crippen LogP contribution in [0.5, 0.6) is 0 Å². The highest BCUT2D eigenvalue weighted by Crippen LogP contribution is 2.10. The molecule has 0 saturated carbocycles. The number of hydrogen-bond acceptors (Lipinski definition) is 3. The molecule has 100 valence electrons. The maximum absolute atomic E-state index is 13.3. The third-order valence-electron chi connectivity index (χ3n) is 2.48. The molecule has 3 nitrogen and oxygen atoms in total. The zero-order valence-corrected chi connectivity index (χ0v) is 10.6. The van der Waals surface area contributed by atoms with Crippen molar-refractivity contribution in [2.75, 3.05) is 26.7 Å². The lowest BCUT2D eigenvalue weighted by molar-refractivity contribution is -0.144. The molecule has 0 spiro atoms. The summed E-state index contributed by atoms with van der Waals surface area (Å²) in [5.41, 5.74) is 0.437. The van der Waals surface area contributed by atoms with Crippen molar-refractivity contribution in [2.45, 2.75) is 13.3 Å². The SMILES string of the molecule is CCOC(=O)CN(C)CCc1ccc(F)cc1F. The van der Waals surface area contributed by atoms with Crippen molar-refractivity contribution < 1.29 is 18.3 Å². The quantitative estimate of drug-likeness (QED) is 0.730. The molecular formula is C13H17F2NO2. The minimum atomic E-state index is -0.587. The maximum atomic E-state index is 13.3. The van der Waals surface area contributed by atoms with Gasteiger partial charge < -0.3 is 4.74 Å². The average molecular weight is 257 g/mol. The van der Waals surface area contributed by atoms with E-state index in [4.69, 9.17) is 4.74 Å². The van der Waals surface area contributed by atoms with Gasteiger partial charge in [0.05, 0.1) is 13.2 Å². The topological polar surface area (TPSA) is 29.5 Å². The van der Waals surface area contributed by atoms with Gasteiger partial charge in [-0.1, -0.05) is 6.07 Å². The Morgan fingerprint density at radius 2 is 2.11 bits per heavy atom. The third-order valence-corrected chi connectivity index (χ3v) is 2.48. The summed E-state index contributed by atoms with van der Waals surface area (Å²) in [6, 6.07) is 3.51. The Kier molecular flexibility index (Phi) is 5.71. The summed E-state index contributed by atoms with van der Waals surface area (Å²) in [5, 5.41) is 0. The van der Waals surface area contributed by atoms with Crippen LogP contribution in [0.1, 0.15) is 12.5 Å². The lowest BCUT2D eigenvalue weighted by Gasteiger charge is -2.15. The van der Waals surface area contributed by atoms with E-state index in [0.717, 1.165) is 6.07 Å². The fourth-order valence-corrected chi connectivity index (χ4v) is 1.54. The van der Waals surface area contributed by atoms with E-state index in [1.54, 1.807) is 18.9 Å². The van der Waals surface area contributed by atoms with Gasteiger partial charge in [0.25, 0.3) is 0 Å². The van der Waals surface area contributed by atoms with E-state index >= 15 is 0 Å². The van der Waals surface area contributed by atoms with Crippen molar-refractivity contribution >= 4 is 5.97 Å². The number of carbonyl (C=O) groups excluding carboxylic acids is 1. The second-order valence-electron chi connectivity index (χ2n) is 4.03. The summed E-state index contributed by atoms with van der Waals surface area (Å²) in [5.74, 6) is -1.45. The van der Waals surface area contributed by atoms with E-state index < -0.39 is 11.6 Å². The van der Waals surface area contributed by atoms with Crippen molar-refractivity contribution in [1.29, 1.82) is 0 Å². The number of ether oxygens (including phenoxy) is 1. The Balaban J connectivity index is 2.42. The summed E-state index contributed by atoms with van der Waals surface area (Å²) in [6.07, 6.45) is 0.419. The molecule has 0 saturated heterocycles. The second kappa shape index (κ2) is 7.06. The minimum absolute atomic E-state index is 0.163. The second-order valence-corrected chi connectivity index (χ2v) is 4.03. The Morgan fingerprint density at radius 1 is 1.39 bits per heavy atom. The number of nitrogens with zero attached hydrogens (tertiary/aromatic N) is 1. The highest BCUT2D eigenvalue weighted by molar-refractivity contribution is 5.71. The van der Waals surface area contributed by atoms with Crippen LogP contribution in [0.25, 0.3) is 0 Å². The van der Waals surface area contributed by atoms with Crippen molar-refractivity contribution in [3.63, 3.8) is 0 Å². The first-order chi connectivity index (χ1) is 8.52. The van der Waals surface area contributed by atoms with Gasteiger partial charge in [0.1, 0.15) is 11.6 Å². The molecule has 18 heavy (non-hydrogen) atoms. The molecule has 1 rings (SSSR count). The summed E-state index contributed by atoms with van der Waals surface area (Å²) in [4.78, 5) is 12.9. The van der Waals surface area contributed by atoms with Gasteiger partial charge in [0.2, 0.25) is 0 Å². The molecule has 0 amide bonds. The molecule has 5 heteroatoms. The van der Waals surface area contributed by atoms with Gasteiger partial charge in [-0.15, -0.1) is 0 Å². The Labute approximate surface area is 105 Å². The molecule has 0 radical (unpaired) electrons. The number of benzene rings is 1. The van der Waals surface area contributed by atoms with Crippen LogP contribution in [0, 0.1) is 11.6 Å². The van der Waals surface area contributed by atoms with Crippen molar-refractivity contribution in [3.05, 3.63) is 35.4 Å². The monoisotopic (exact) mass is 257 g/mol. The van der Waals surface area contributed by atoms with Gasteiger partial charge in [-0.2, -0.15) is 0 Å². The summed E-state index contributed by atoms with van der Waals surface area (Å²) in [7, 11) is 1.75. The summed E-state index contributed by atoms with van der Waals surface area (Å²) in [6.45, 7) is 2.75. The number of rotatable bonds is 6. The Bertz CT molecular complexity index is 410. The first-order valence-electron chi connectivity index (χ1n) is 5.81. The molecule has 0 fully saturated rings.